The van der Waals surface area contributed by atoms with Crippen molar-refractivity contribution in [2.24, 2.45) is 0 Å². The number of hydrogen-bond donors (Lipinski definition) is 1. The number of para-hydroxylation sites is 1. The molecular weight excluding hydrogens is 318 g/mol. The molecular formula is C20H17NO2S. The lowest BCUT2D eigenvalue weighted by molar-refractivity contribution is 0.601. The molecule has 0 aliphatic heterocycles. The SMILES string of the molecule is C=C(c1ccccc1)c1ccccc1NS(=O)(=O)c1ccccc1. The largest absolute Gasteiger partial charge is 0.279 e. The number of anilines is 1. The Kier molecular flexibility index (Phi) is 4.49. The third-order valence-corrected chi connectivity index (χ3v) is 5.05. The number of rotatable bonds is 5. The van der Waals surface area contributed by atoms with E-state index in [1.807, 2.05) is 42.5 Å². The minimum atomic E-state index is -3.64. The Morgan fingerprint density at radius 1 is 0.750 bits per heavy atom. The molecule has 0 spiro atoms. The molecule has 0 amide bonds. The smallest absolute Gasteiger partial charge is 0.261 e. The van der Waals surface area contributed by atoms with Crippen LogP contribution in [0.4, 0.5) is 5.69 Å². The van der Waals surface area contributed by atoms with E-state index >= 15 is 0 Å². The van der Waals surface area contributed by atoms with Crippen LogP contribution in [0.5, 0.6) is 0 Å². The van der Waals surface area contributed by atoms with Crippen molar-refractivity contribution in [1.82, 2.24) is 0 Å². The van der Waals surface area contributed by atoms with Crippen LogP contribution in [0.25, 0.3) is 5.57 Å². The molecule has 0 radical (unpaired) electrons. The van der Waals surface area contributed by atoms with Crippen molar-refractivity contribution in [1.29, 1.82) is 0 Å². The first-order valence-corrected chi connectivity index (χ1v) is 8.98. The summed E-state index contributed by atoms with van der Waals surface area (Å²) >= 11 is 0. The van der Waals surface area contributed by atoms with Gasteiger partial charge in [0.15, 0.2) is 0 Å². The number of nitrogens with one attached hydrogen (secondary N) is 1. The van der Waals surface area contributed by atoms with Gasteiger partial charge in [-0.3, -0.25) is 4.72 Å². The van der Waals surface area contributed by atoms with Gasteiger partial charge < -0.3 is 0 Å². The Labute approximate surface area is 142 Å². The summed E-state index contributed by atoms with van der Waals surface area (Å²) in [6.45, 7) is 4.12. The monoisotopic (exact) mass is 335 g/mol. The third kappa shape index (κ3) is 3.39. The van der Waals surface area contributed by atoms with Crippen molar-refractivity contribution < 1.29 is 8.42 Å². The zero-order valence-corrected chi connectivity index (χ0v) is 13.8. The Morgan fingerprint density at radius 3 is 1.96 bits per heavy atom. The van der Waals surface area contributed by atoms with E-state index in [9.17, 15) is 8.42 Å². The molecule has 3 aromatic carbocycles. The number of hydrogen-bond acceptors (Lipinski definition) is 2. The molecule has 0 aromatic heterocycles. The van der Waals surface area contributed by atoms with Crippen LogP contribution >= 0.6 is 0 Å². The Morgan fingerprint density at radius 2 is 1.29 bits per heavy atom. The lowest BCUT2D eigenvalue weighted by Gasteiger charge is -2.14. The van der Waals surface area contributed by atoms with Gasteiger partial charge in [0.1, 0.15) is 0 Å². The molecule has 0 aliphatic rings. The average Bonchev–Trinajstić information content (AvgIpc) is 2.63. The highest BCUT2D eigenvalue weighted by Gasteiger charge is 2.16. The van der Waals surface area contributed by atoms with Gasteiger partial charge in [-0.1, -0.05) is 73.3 Å². The fourth-order valence-corrected chi connectivity index (χ4v) is 3.53. The molecule has 4 heteroatoms. The summed E-state index contributed by atoms with van der Waals surface area (Å²) < 4.78 is 27.8. The topological polar surface area (TPSA) is 46.2 Å². The second kappa shape index (κ2) is 6.72. The lowest BCUT2D eigenvalue weighted by atomic mass is 9.98. The zero-order valence-electron chi connectivity index (χ0n) is 13.0. The average molecular weight is 335 g/mol. The predicted octanol–water partition coefficient (Wildman–Crippen LogP) is 4.55. The van der Waals surface area contributed by atoms with Gasteiger partial charge in [0.25, 0.3) is 10.0 Å². The summed E-state index contributed by atoms with van der Waals surface area (Å²) in [6, 6.07) is 25.3. The lowest BCUT2D eigenvalue weighted by Crippen LogP contribution is -2.14. The molecule has 120 valence electrons. The number of benzene rings is 3. The van der Waals surface area contributed by atoms with Gasteiger partial charge in [-0.15, -0.1) is 0 Å². The first-order chi connectivity index (χ1) is 11.6. The van der Waals surface area contributed by atoms with Gasteiger partial charge >= 0.3 is 0 Å². The molecule has 0 unspecified atom stereocenters. The maximum Gasteiger partial charge on any atom is 0.261 e. The van der Waals surface area contributed by atoms with Gasteiger partial charge in [0, 0.05) is 5.56 Å². The molecule has 0 atom stereocenters. The van der Waals surface area contributed by atoms with Gasteiger partial charge in [-0.25, -0.2) is 8.42 Å². The van der Waals surface area contributed by atoms with Crippen molar-refractivity contribution in [3.8, 4) is 0 Å². The summed E-state index contributed by atoms with van der Waals surface area (Å²) in [5, 5.41) is 0. The van der Waals surface area contributed by atoms with Crippen LogP contribution in [0.3, 0.4) is 0 Å². The van der Waals surface area contributed by atoms with Crippen LogP contribution in [-0.2, 0) is 10.0 Å². The molecule has 3 nitrogen and oxygen atoms in total. The third-order valence-electron chi connectivity index (χ3n) is 3.67. The summed E-state index contributed by atoms with van der Waals surface area (Å²) in [4.78, 5) is 0.227. The summed E-state index contributed by atoms with van der Waals surface area (Å²) in [5.74, 6) is 0. The van der Waals surface area contributed by atoms with Crippen molar-refractivity contribution >= 4 is 21.3 Å². The summed E-state index contributed by atoms with van der Waals surface area (Å²) in [7, 11) is -3.64. The molecule has 24 heavy (non-hydrogen) atoms. The van der Waals surface area contributed by atoms with E-state index in [0.717, 1.165) is 16.7 Å². The van der Waals surface area contributed by atoms with Crippen molar-refractivity contribution in [3.63, 3.8) is 0 Å². The number of sulfonamides is 1. The molecule has 0 heterocycles. The maximum atomic E-state index is 12.6. The maximum absolute atomic E-state index is 12.6. The van der Waals surface area contributed by atoms with E-state index in [1.165, 1.54) is 0 Å². The molecule has 0 saturated carbocycles. The normalized spacial score (nSPS) is 11.0. The fraction of sp³-hybridized carbons (Fsp3) is 0. The van der Waals surface area contributed by atoms with Gasteiger partial charge in [0.05, 0.1) is 10.6 Å². The quantitative estimate of drug-likeness (QED) is 0.743. The highest BCUT2D eigenvalue weighted by atomic mass is 32.2. The molecule has 0 saturated heterocycles. The van der Waals surface area contributed by atoms with Gasteiger partial charge in [-0.2, -0.15) is 0 Å². The first-order valence-electron chi connectivity index (χ1n) is 7.49. The van der Waals surface area contributed by atoms with E-state index in [0.29, 0.717) is 5.69 Å². The molecule has 0 bridgehead atoms. The van der Waals surface area contributed by atoms with Gasteiger partial charge in [0.2, 0.25) is 0 Å². The van der Waals surface area contributed by atoms with E-state index < -0.39 is 10.0 Å². The van der Waals surface area contributed by atoms with Crippen LogP contribution < -0.4 is 4.72 Å². The minimum absolute atomic E-state index is 0.227. The summed E-state index contributed by atoms with van der Waals surface area (Å²) in [5.41, 5.74) is 2.98. The Hall–Kier alpha value is -2.85. The van der Waals surface area contributed by atoms with E-state index in [-0.39, 0.29) is 4.90 Å². The minimum Gasteiger partial charge on any atom is -0.279 e. The van der Waals surface area contributed by atoms with Crippen LogP contribution in [-0.4, -0.2) is 8.42 Å². The molecule has 0 aliphatic carbocycles. The van der Waals surface area contributed by atoms with E-state index in [2.05, 4.69) is 11.3 Å². The summed E-state index contributed by atoms with van der Waals surface area (Å²) in [6.07, 6.45) is 0. The van der Waals surface area contributed by atoms with Crippen LogP contribution in [0, 0.1) is 0 Å². The second-order valence-electron chi connectivity index (χ2n) is 5.31. The molecule has 3 rings (SSSR count). The standard InChI is InChI=1S/C20H17NO2S/c1-16(17-10-4-2-5-11-17)19-14-8-9-15-20(19)21-24(22,23)18-12-6-3-7-13-18/h2-15,21H,1H2. The van der Waals surface area contributed by atoms with Crippen molar-refractivity contribution in [3.05, 3.63) is 103 Å². The Balaban J connectivity index is 1.97. The fourth-order valence-electron chi connectivity index (χ4n) is 2.43. The van der Waals surface area contributed by atoms with Gasteiger partial charge in [-0.05, 0) is 29.3 Å². The van der Waals surface area contributed by atoms with Crippen LogP contribution in [0.15, 0.2) is 96.4 Å². The molecule has 3 aromatic rings. The first kappa shape index (κ1) is 16.0. The van der Waals surface area contributed by atoms with Crippen molar-refractivity contribution in [2.75, 3.05) is 4.72 Å². The van der Waals surface area contributed by atoms with Crippen molar-refractivity contribution in [2.45, 2.75) is 4.90 Å². The second-order valence-corrected chi connectivity index (χ2v) is 6.99. The molecule has 1 N–H and O–H groups in total. The molecule has 0 fully saturated rings. The highest BCUT2D eigenvalue weighted by Crippen LogP contribution is 2.29. The zero-order chi connectivity index (χ0) is 17.0. The van der Waals surface area contributed by atoms with E-state index in [1.54, 1.807) is 42.5 Å². The predicted molar refractivity (Wildman–Crippen MR) is 98.3 cm³/mol. The van der Waals surface area contributed by atoms with E-state index in [4.69, 9.17) is 0 Å². The van der Waals surface area contributed by atoms with Crippen LogP contribution in [0.2, 0.25) is 0 Å². The Bertz CT molecular complexity index is 949. The van der Waals surface area contributed by atoms with Crippen LogP contribution in [0.1, 0.15) is 11.1 Å². The highest BCUT2D eigenvalue weighted by molar-refractivity contribution is 7.92.